The Morgan fingerprint density at radius 3 is 2.09 bits per heavy atom. The van der Waals surface area contributed by atoms with Crippen molar-refractivity contribution in [3.8, 4) is 5.69 Å². The summed E-state index contributed by atoms with van der Waals surface area (Å²) in [6.45, 7) is 3.81. The zero-order valence-corrected chi connectivity index (χ0v) is 24.4. The number of urea groups is 1. The van der Waals surface area contributed by atoms with Crippen molar-refractivity contribution in [1.82, 2.24) is 19.4 Å². The first-order chi connectivity index (χ1) is 20.6. The molecule has 0 spiro atoms. The molecule has 0 aliphatic rings. The van der Waals surface area contributed by atoms with Gasteiger partial charge >= 0.3 is 18.4 Å². The van der Waals surface area contributed by atoms with E-state index in [2.05, 4.69) is 5.32 Å². The van der Waals surface area contributed by atoms with Gasteiger partial charge in [-0.3, -0.25) is 9.36 Å². The molecule has 234 valence electrons. The Balaban J connectivity index is 1.86. The van der Waals surface area contributed by atoms with E-state index in [1.807, 2.05) is 19.1 Å². The molecule has 0 aliphatic heterocycles. The molecule has 13 heteroatoms. The van der Waals surface area contributed by atoms with Crippen LogP contribution in [0.15, 0.2) is 71.5 Å². The minimum absolute atomic E-state index is 0.00319. The quantitative estimate of drug-likeness (QED) is 0.213. The summed E-state index contributed by atoms with van der Waals surface area (Å²) in [6.07, 6.45) is -9.60. The Morgan fingerprint density at radius 1 is 0.909 bits per heavy atom. The molecule has 1 heterocycles. The smallest absolute Gasteiger partial charge is 0.313 e. The molecule has 1 atom stereocenters. The van der Waals surface area contributed by atoms with Gasteiger partial charge in [-0.05, 0) is 69.4 Å². The number of carbonyl (C=O) groups excluding carboxylic acids is 1. The van der Waals surface area contributed by atoms with Crippen LogP contribution in [0.5, 0.6) is 0 Å². The van der Waals surface area contributed by atoms with Gasteiger partial charge in [0.25, 0.3) is 5.56 Å². The molecule has 4 aromatic rings. The fourth-order valence-corrected chi connectivity index (χ4v) is 4.83. The summed E-state index contributed by atoms with van der Waals surface area (Å²) >= 11 is 0. The molecule has 1 N–H and O–H groups in total. The monoisotopic (exact) mass is 619 g/mol. The predicted octanol–water partition coefficient (Wildman–Crippen LogP) is 7.14. The fourth-order valence-electron chi connectivity index (χ4n) is 4.83. The minimum Gasteiger partial charge on any atom is -0.313 e. The lowest BCUT2D eigenvalue weighted by Gasteiger charge is -2.32. The zero-order valence-electron chi connectivity index (χ0n) is 24.4. The van der Waals surface area contributed by atoms with Crippen molar-refractivity contribution in [3.63, 3.8) is 0 Å². The first-order valence-corrected chi connectivity index (χ1v) is 13.7. The maximum atomic E-state index is 13.9. The molecular weight excluding hydrogens is 588 g/mol. The highest BCUT2D eigenvalue weighted by Gasteiger charge is 2.37. The van der Waals surface area contributed by atoms with Crippen LogP contribution in [-0.4, -0.2) is 52.6 Å². The van der Waals surface area contributed by atoms with Gasteiger partial charge in [-0.1, -0.05) is 37.3 Å². The molecule has 0 aliphatic carbocycles. The summed E-state index contributed by atoms with van der Waals surface area (Å²) in [4.78, 5) is 35.4. The van der Waals surface area contributed by atoms with Gasteiger partial charge in [-0.15, -0.1) is 0 Å². The molecule has 0 saturated carbocycles. The number of fused-ring (bicyclic) bond motifs is 1. The summed E-state index contributed by atoms with van der Waals surface area (Å²) in [5.41, 5.74) is -2.45. The normalized spacial score (nSPS) is 12.9. The Labute approximate surface area is 249 Å². The summed E-state index contributed by atoms with van der Waals surface area (Å²) in [5, 5.41) is 2.56. The van der Waals surface area contributed by atoms with Gasteiger partial charge in [0, 0.05) is 18.8 Å². The molecule has 4 rings (SSSR count). The second-order valence-corrected chi connectivity index (χ2v) is 10.5. The van der Waals surface area contributed by atoms with E-state index in [1.165, 1.54) is 9.47 Å². The second-order valence-electron chi connectivity index (χ2n) is 10.5. The molecule has 1 unspecified atom stereocenters. The lowest BCUT2D eigenvalue weighted by atomic mass is 10.1. The van der Waals surface area contributed by atoms with Crippen LogP contribution in [0.2, 0.25) is 0 Å². The van der Waals surface area contributed by atoms with E-state index in [4.69, 9.17) is 4.98 Å². The van der Waals surface area contributed by atoms with E-state index in [0.29, 0.717) is 35.1 Å². The van der Waals surface area contributed by atoms with E-state index in [-0.39, 0.29) is 30.5 Å². The van der Waals surface area contributed by atoms with Crippen molar-refractivity contribution in [2.75, 3.05) is 32.5 Å². The van der Waals surface area contributed by atoms with Gasteiger partial charge in [0.1, 0.15) is 5.82 Å². The van der Waals surface area contributed by atoms with Crippen molar-refractivity contribution in [2.45, 2.75) is 38.7 Å². The highest BCUT2D eigenvalue weighted by atomic mass is 19.4. The number of nitrogens with zero attached hydrogens (tertiary/aromatic N) is 4. The van der Waals surface area contributed by atoms with Crippen molar-refractivity contribution in [3.05, 3.63) is 99.6 Å². The number of likely N-dealkylation sites (N-methyl/N-ethyl adjacent to an activating group) is 1. The van der Waals surface area contributed by atoms with E-state index in [1.54, 1.807) is 62.3 Å². The topological polar surface area (TPSA) is 70.5 Å². The number of aryl methyl sites for hydroxylation is 1. The van der Waals surface area contributed by atoms with Crippen LogP contribution in [0.1, 0.15) is 42.4 Å². The molecule has 44 heavy (non-hydrogen) atoms. The zero-order chi connectivity index (χ0) is 32.4. The third kappa shape index (κ3) is 7.04. The number of aromatic nitrogens is 2. The van der Waals surface area contributed by atoms with Crippen LogP contribution in [0, 0.1) is 0 Å². The number of carbonyl (C=O) groups is 1. The minimum atomic E-state index is -5.09. The van der Waals surface area contributed by atoms with Gasteiger partial charge in [-0.2, -0.15) is 26.3 Å². The van der Waals surface area contributed by atoms with Crippen LogP contribution in [0.4, 0.5) is 36.8 Å². The maximum Gasteiger partial charge on any atom is 0.416 e. The molecule has 7 nitrogen and oxygen atoms in total. The maximum absolute atomic E-state index is 13.9. The van der Waals surface area contributed by atoms with E-state index < -0.39 is 41.2 Å². The van der Waals surface area contributed by atoms with Gasteiger partial charge in [0.2, 0.25) is 0 Å². The van der Waals surface area contributed by atoms with Crippen molar-refractivity contribution < 1.29 is 31.1 Å². The van der Waals surface area contributed by atoms with Crippen LogP contribution in [0.3, 0.4) is 0 Å². The van der Waals surface area contributed by atoms with Crippen LogP contribution in [-0.2, 0) is 18.8 Å². The van der Waals surface area contributed by atoms with Crippen molar-refractivity contribution in [1.29, 1.82) is 0 Å². The number of hydrogen-bond acceptors (Lipinski definition) is 4. The van der Waals surface area contributed by atoms with E-state index in [0.717, 1.165) is 5.56 Å². The van der Waals surface area contributed by atoms with Crippen LogP contribution in [0.25, 0.3) is 16.6 Å². The predicted molar refractivity (Wildman–Crippen MR) is 156 cm³/mol. The van der Waals surface area contributed by atoms with Crippen LogP contribution >= 0.6 is 0 Å². The molecular formula is C31H31F6N5O2. The third-order valence-corrected chi connectivity index (χ3v) is 7.14. The first kappa shape index (κ1) is 32.5. The van der Waals surface area contributed by atoms with Crippen molar-refractivity contribution in [2.24, 2.45) is 0 Å². The molecule has 1 aromatic heterocycles. The average Bonchev–Trinajstić information content (AvgIpc) is 2.96. The van der Waals surface area contributed by atoms with Crippen LogP contribution < -0.4 is 10.9 Å². The van der Waals surface area contributed by atoms with Crippen molar-refractivity contribution >= 4 is 22.6 Å². The molecule has 2 amide bonds. The third-order valence-electron chi connectivity index (χ3n) is 7.14. The van der Waals surface area contributed by atoms with E-state index >= 15 is 0 Å². The van der Waals surface area contributed by atoms with Gasteiger partial charge in [-0.25, -0.2) is 9.78 Å². The summed E-state index contributed by atoms with van der Waals surface area (Å²) in [6, 6.07) is 12.8. The summed E-state index contributed by atoms with van der Waals surface area (Å²) < 4.78 is 82.3. The number of benzene rings is 3. The Bertz CT molecular complexity index is 1680. The number of halogens is 6. The number of amides is 2. The molecule has 0 saturated heterocycles. The highest BCUT2D eigenvalue weighted by Crippen LogP contribution is 2.38. The SMILES string of the molecule is CCc1ccccc1-n1c(C(C)N(CCN(C)C)C(=O)Nc2cc(C(F)(F)F)cc(C(F)(F)F)c2)nc2ccccc2c1=O. The highest BCUT2D eigenvalue weighted by molar-refractivity contribution is 5.90. The number of para-hydroxylation sites is 2. The Kier molecular flexibility index (Phi) is 9.38. The largest absolute Gasteiger partial charge is 0.416 e. The Morgan fingerprint density at radius 2 is 1.50 bits per heavy atom. The molecule has 0 radical (unpaired) electrons. The van der Waals surface area contributed by atoms with Gasteiger partial charge < -0.3 is 15.1 Å². The fraction of sp³-hybridized carbons (Fsp3) is 0.323. The molecule has 0 fully saturated rings. The van der Waals surface area contributed by atoms with E-state index in [9.17, 15) is 35.9 Å². The number of rotatable bonds is 8. The van der Waals surface area contributed by atoms with Gasteiger partial charge in [0.15, 0.2) is 0 Å². The number of alkyl halides is 6. The van der Waals surface area contributed by atoms with Gasteiger partial charge in [0.05, 0.1) is 33.8 Å². The number of nitrogens with one attached hydrogen (secondary N) is 1. The molecule has 3 aromatic carbocycles. The molecule has 0 bridgehead atoms. The lowest BCUT2D eigenvalue weighted by molar-refractivity contribution is -0.143. The number of hydrogen-bond donors (Lipinski definition) is 1. The number of anilines is 1. The standard InChI is InChI=1S/C31H31F6N5O2/c1-5-20-10-6-9-13-26(20)42-27(39-25-12-8-7-11-24(25)28(42)43)19(2)41(15-14-40(3)4)29(44)38-23-17-21(30(32,33)34)16-22(18-23)31(35,36)37/h6-13,16-19H,5,14-15H2,1-4H3,(H,38,44). The average molecular weight is 620 g/mol. The first-order valence-electron chi connectivity index (χ1n) is 13.7. The lowest BCUT2D eigenvalue weighted by Crippen LogP contribution is -2.43. The summed E-state index contributed by atoms with van der Waals surface area (Å²) in [7, 11) is 3.48. The second kappa shape index (κ2) is 12.7. The Hall–Kier alpha value is -4.39. The summed E-state index contributed by atoms with van der Waals surface area (Å²) in [5.74, 6) is 0.170.